The molecule has 5 nitrogen and oxygen atoms in total. The van der Waals surface area contributed by atoms with Crippen LogP contribution in [-0.2, 0) is 20.7 Å². The van der Waals surface area contributed by atoms with Crippen LogP contribution < -0.4 is 5.32 Å². The van der Waals surface area contributed by atoms with Crippen molar-refractivity contribution in [3.8, 4) is 0 Å². The van der Waals surface area contributed by atoms with E-state index in [1.54, 1.807) is 12.1 Å². The van der Waals surface area contributed by atoms with E-state index in [2.05, 4.69) is 5.32 Å². The minimum Gasteiger partial charge on any atom is -0.388 e. The van der Waals surface area contributed by atoms with E-state index >= 15 is 0 Å². The molecule has 2 fully saturated rings. The predicted octanol–water partition coefficient (Wildman–Crippen LogP) is 0.526. The summed E-state index contributed by atoms with van der Waals surface area (Å²) in [5, 5.41) is 13.1. The average molecular weight is 298 g/mol. The monoisotopic (exact) mass is 297 g/mol. The second kappa shape index (κ2) is 5.69. The highest BCUT2D eigenvalue weighted by Gasteiger charge is 2.47. The van der Waals surface area contributed by atoms with Crippen LogP contribution in [-0.4, -0.2) is 48.6 Å². The van der Waals surface area contributed by atoms with Gasteiger partial charge in [0.1, 0.15) is 18.3 Å². The third-order valence-corrected chi connectivity index (χ3v) is 3.86. The first-order valence-corrected chi connectivity index (χ1v) is 6.96. The van der Waals surface area contributed by atoms with Gasteiger partial charge in [-0.25, -0.2) is 0 Å². The number of halogens is 1. The van der Waals surface area contributed by atoms with Gasteiger partial charge < -0.3 is 19.9 Å². The van der Waals surface area contributed by atoms with Gasteiger partial charge in [-0.05, 0) is 17.7 Å². The number of aliphatic hydroxyl groups excluding tert-OH is 1. The number of ether oxygens (including phenoxy) is 2. The van der Waals surface area contributed by atoms with Crippen LogP contribution in [0.2, 0.25) is 5.02 Å². The Bertz CT molecular complexity index is 510. The molecule has 2 heterocycles. The first-order valence-electron chi connectivity index (χ1n) is 6.58. The van der Waals surface area contributed by atoms with Crippen molar-refractivity contribution in [2.45, 2.75) is 30.8 Å². The lowest BCUT2D eigenvalue weighted by Crippen LogP contribution is -2.44. The quantitative estimate of drug-likeness (QED) is 0.854. The molecule has 0 spiro atoms. The summed E-state index contributed by atoms with van der Waals surface area (Å²) >= 11 is 5.89. The summed E-state index contributed by atoms with van der Waals surface area (Å²) in [4.78, 5) is 12.0. The average Bonchev–Trinajstić information content (AvgIpc) is 2.94. The van der Waals surface area contributed by atoms with E-state index in [0.29, 0.717) is 11.6 Å². The molecule has 1 aromatic carbocycles. The number of nitrogens with one attached hydrogen (secondary N) is 1. The van der Waals surface area contributed by atoms with Crippen molar-refractivity contribution in [1.82, 2.24) is 5.32 Å². The number of carbonyl (C=O) groups is 1. The Labute approximate surface area is 121 Å². The Morgan fingerprint density at radius 1 is 1.35 bits per heavy atom. The zero-order chi connectivity index (χ0) is 14.1. The van der Waals surface area contributed by atoms with Crippen LogP contribution in [0.4, 0.5) is 0 Å². The van der Waals surface area contributed by atoms with Crippen molar-refractivity contribution in [3.63, 3.8) is 0 Å². The Balaban J connectivity index is 1.57. The molecule has 4 atom stereocenters. The maximum Gasteiger partial charge on any atom is 0.224 e. The molecule has 6 heteroatoms. The van der Waals surface area contributed by atoms with Crippen LogP contribution in [0.1, 0.15) is 5.56 Å². The molecule has 3 rings (SSSR count). The van der Waals surface area contributed by atoms with Crippen LogP contribution in [0.15, 0.2) is 24.3 Å². The smallest absolute Gasteiger partial charge is 0.224 e. The highest BCUT2D eigenvalue weighted by molar-refractivity contribution is 6.30. The largest absolute Gasteiger partial charge is 0.388 e. The minimum absolute atomic E-state index is 0.105. The lowest BCUT2D eigenvalue weighted by Gasteiger charge is -2.17. The molecule has 2 aliphatic heterocycles. The van der Waals surface area contributed by atoms with Crippen molar-refractivity contribution in [1.29, 1.82) is 0 Å². The van der Waals surface area contributed by atoms with Gasteiger partial charge in [0.25, 0.3) is 0 Å². The fourth-order valence-corrected chi connectivity index (χ4v) is 2.91. The number of benzene rings is 1. The number of hydrogen-bond acceptors (Lipinski definition) is 4. The number of amides is 1. The first kappa shape index (κ1) is 13.8. The Morgan fingerprint density at radius 3 is 2.95 bits per heavy atom. The summed E-state index contributed by atoms with van der Waals surface area (Å²) in [6.45, 7) is 0.629. The van der Waals surface area contributed by atoms with Gasteiger partial charge in [-0.15, -0.1) is 0 Å². The predicted molar refractivity (Wildman–Crippen MR) is 72.6 cm³/mol. The van der Waals surface area contributed by atoms with Gasteiger partial charge in [-0.1, -0.05) is 23.7 Å². The summed E-state index contributed by atoms with van der Waals surface area (Å²) in [6.07, 6.45) is -0.925. The van der Waals surface area contributed by atoms with Crippen LogP contribution in [0.5, 0.6) is 0 Å². The third-order valence-electron chi connectivity index (χ3n) is 3.63. The molecule has 1 amide bonds. The molecule has 2 N–H and O–H groups in total. The van der Waals surface area contributed by atoms with Crippen molar-refractivity contribution >= 4 is 17.5 Å². The van der Waals surface area contributed by atoms with Crippen LogP contribution in [0.25, 0.3) is 0 Å². The van der Waals surface area contributed by atoms with E-state index in [-0.39, 0.29) is 37.2 Å². The second-order valence-corrected chi connectivity index (χ2v) is 5.58. The molecule has 0 aliphatic carbocycles. The maximum absolute atomic E-state index is 12.0. The van der Waals surface area contributed by atoms with Gasteiger partial charge in [-0.2, -0.15) is 0 Å². The van der Waals surface area contributed by atoms with Crippen molar-refractivity contribution in [3.05, 3.63) is 34.9 Å². The molecule has 0 saturated carbocycles. The van der Waals surface area contributed by atoms with Gasteiger partial charge in [0, 0.05) is 5.02 Å². The fraction of sp³-hybridized carbons (Fsp3) is 0.500. The van der Waals surface area contributed by atoms with Crippen molar-refractivity contribution < 1.29 is 19.4 Å². The standard InChI is InChI=1S/C14H16ClNO4/c15-9-3-1-2-8(4-9)5-12(18)16-10-6-19-14-11(17)7-20-13(10)14/h1-4,10-11,13-14,17H,5-7H2,(H,16,18)/t10-,11+,13+,14+/m0/s1. The summed E-state index contributed by atoms with van der Waals surface area (Å²) in [5.74, 6) is -0.105. The van der Waals surface area contributed by atoms with E-state index in [0.717, 1.165) is 5.56 Å². The van der Waals surface area contributed by atoms with Crippen LogP contribution in [0.3, 0.4) is 0 Å². The SMILES string of the molecule is O=C(Cc1cccc(Cl)c1)N[C@H]1CO[C@H]2[C@@H]1OC[C@H]2O. The third kappa shape index (κ3) is 2.81. The Kier molecular flexibility index (Phi) is 3.94. The first-order chi connectivity index (χ1) is 9.63. The van der Waals surface area contributed by atoms with Crippen LogP contribution in [0, 0.1) is 0 Å². The normalized spacial score (nSPS) is 32.1. The zero-order valence-electron chi connectivity index (χ0n) is 10.8. The Hall–Kier alpha value is -1.14. The van der Waals surface area contributed by atoms with Crippen LogP contribution >= 0.6 is 11.6 Å². The lowest BCUT2D eigenvalue weighted by molar-refractivity contribution is -0.121. The molecular weight excluding hydrogens is 282 g/mol. The van der Waals surface area contributed by atoms with Gasteiger partial charge in [0.05, 0.1) is 25.7 Å². The molecule has 20 heavy (non-hydrogen) atoms. The molecule has 2 saturated heterocycles. The molecule has 108 valence electrons. The Morgan fingerprint density at radius 2 is 2.15 bits per heavy atom. The fourth-order valence-electron chi connectivity index (χ4n) is 2.69. The maximum atomic E-state index is 12.0. The summed E-state index contributed by atoms with van der Waals surface area (Å²) in [5.41, 5.74) is 0.859. The summed E-state index contributed by atoms with van der Waals surface area (Å²) < 4.78 is 10.9. The minimum atomic E-state index is -0.602. The lowest BCUT2D eigenvalue weighted by atomic mass is 10.1. The molecule has 0 bridgehead atoms. The highest BCUT2D eigenvalue weighted by Crippen LogP contribution is 2.27. The molecule has 0 radical (unpaired) electrons. The molecule has 0 unspecified atom stereocenters. The van der Waals surface area contributed by atoms with Crippen molar-refractivity contribution in [2.75, 3.05) is 13.2 Å². The van der Waals surface area contributed by atoms with E-state index in [1.165, 1.54) is 0 Å². The van der Waals surface area contributed by atoms with Gasteiger partial charge in [0.15, 0.2) is 0 Å². The van der Waals surface area contributed by atoms with E-state index in [1.807, 2.05) is 12.1 Å². The van der Waals surface area contributed by atoms with E-state index < -0.39 is 6.10 Å². The van der Waals surface area contributed by atoms with Gasteiger partial charge >= 0.3 is 0 Å². The van der Waals surface area contributed by atoms with Crippen molar-refractivity contribution in [2.24, 2.45) is 0 Å². The van der Waals surface area contributed by atoms with Gasteiger partial charge in [-0.3, -0.25) is 4.79 Å². The molecule has 1 aromatic rings. The zero-order valence-corrected chi connectivity index (χ0v) is 11.5. The molecule has 0 aromatic heterocycles. The molecule has 2 aliphatic rings. The summed E-state index contributed by atoms with van der Waals surface area (Å²) in [7, 11) is 0. The second-order valence-electron chi connectivity index (χ2n) is 5.14. The molecular formula is C14H16ClNO4. The number of hydrogen-bond donors (Lipinski definition) is 2. The number of fused-ring (bicyclic) bond motifs is 1. The summed E-state index contributed by atoms with van der Waals surface area (Å²) in [6, 6.07) is 7.01. The van der Waals surface area contributed by atoms with Gasteiger partial charge in [0.2, 0.25) is 5.91 Å². The topological polar surface area (TPSA) is 67.8 Å². The van der Waals surface area contributed by atoms with E-state index in [9.17, 15) is 9.90 Å². The number of rotatable bonds is 3. The van der Waals surface area contributed by atoms with E-state index in [4.69, 9.17) is 21.1 Å². The highest BCUT2D eigenvalue weighted by atomic mass is 35.5. The number of carbonyl (C=O) groups excluding carboxylic acids is 1. The number of aliphatic hydroxyl groups is 1.